The average molecular weight is 528 g/mol. The number of halogens is 1. The number of hydrogen-bond donors (Lipinski definition) is 0. The Morgan fingerprint density at radius 1 is 1.19 bits per heavy atom. The molecule has 0 N–H and O–H groups in total. The first-order valence-electron chi connectivity index (χ1n) is 11.7. The lowest BCUT2D eigenvalue weighted by atomic mass is 9.96. The maximum atomic E-state index is 13.7. The molecule has 0 radical (unpaired) electrons. The zero-order valence-electron chi connectivity index (χ0n) is 20.2. The molecule has 1 atom stereocenters. The highest BCUT2D eigenvalue weighted by atomic mass is 35.5. The molecule has 1 saturated heterocycles. The van der Waals surface area contributed by atoms with E-state index in [0.717, 1.165) is 24.5 Å². The zero-order valence-corrected chi connectivity index (χ0v) is 21.8. The SMILES string of the molecule is CC1=C(C(=O)OC(C)C)C(c2ccc(Cl)cc2)n2c(sc(=Cc3ccc(N4CCOCC4)o3)c2=O)=N1. The molecule has 1 fully saturated rings. The standard InChI is InChI=1S/C26H26ClN3O5S/c1-15(2)34-25(32)22-16(3)28-26-30(23(22)17-4-6-18(27)7-5-17)24(31)20(36-26)14-19-8-9-21(35-19)29-10-12-33-13-11-29/h4-9,14-15,23H,10-13H2,1-3H3. The van der Waals surface area contributed by atoms with E-state index in [2.05, 4.69) is 9.89 Å². The van der Waals surface area contributed by atoms with E-state index < -0.39 is 12.0 Å². The summed E-state index contributed by atoms with van der Waals surface area (Å²) in [5.74, 6) is 0.813. The molecule has 1 unspecified atom stereocenters. The summed E-state index contributed by atoms with van der Waals surface area (Å²) < 4.78 is 18.9. The topological polar surface area (TPSA) is 86.3 Å². The smallest absolute Gasteiger partial charge is 0.338 e. The number of thiazole rings is 1. The second kappa shape index (κ2) is 10.1. The Morgan fingerprint density at radius 3 is 2.61 bits per heavy atom. The van der Waals surface area contributed by atoms with Gasteiger partial charge in [-0.1, -0.05) is 35.1 Å². The van der Waals surface area contributed by atoms with Gasteiger partial charge in [-0.3, -0.25) is 9.36 Å². The number of furan rings is 1. The summed E-state index contributed by atoms with van der Waals surface area (Å²) in [7, 11) is 0. The van der Waals surface area contributed by atoms with Gasteiger partial charge in [0.2, 0.25) is 0 Å². The van der Waals surface area contributed by atoms with Gasteiger partial charge in [-0.2, -0.15) is 0 Å². The van der Waals surface area contributed by atoms with E-state index in [9.17, 15) is 9.59 Å². The predicted octanol–water partition coefficient (Wildman–Crippen LogP) is 3.27. The summed E-state index contributed by atoms with van der Waals surface area (Å²) in [6.07, 6.45) is 1.41. The quantitative estimate of drug-likeness (QED) is 0.473. The third-order valence-corrected chi connectivity index (χ3v) is 7.21. The van der Waals surface area contributed by atoms with E-state index >= 15 is 0 Å². The van der Waals surface area contributed by atoms with Crippen LogP contribution in [0.15, 0.2) is 61.9 Å². The molecule has 2 aromatic heterocycles. The van der Waals surface area contributed by atoms with Crippen LogP contribution >= 0.6 is 22.9 Å². The maximum Gasteiger partial charge on any atom is 0.338 e. The number of rotatable bonds is 5. The third kappa shape index (κ3) is 4.78. The molecule has 5 rings (SSSR count). The van der Waals surface area contributed by atoms with Gasteiger partial charge in [-0.15, -0.1) is 0 Å². The lowest BCUT2D eigenvalue weighted by Crippen LogP contribution is -2.40. The first kappa shape index (κ1) is 24.5. The van der Waals surface area contributed by atoms with Crippen molar-refractivity contribution < 1.29 is 18.7 Å². The normalized spacial score (nSPS) is 18.4. The average Bonchev–Trinajstić information content (AvgIpc) is 3.43. The molecule has 36 heavy (non-hydrogen) atoms. The number of esters is 1. The van der Waals surface area contributed by atoms with Crippen LogP contribution in [0, 0.1) is 0 Å². The number of ether oxygens (including phenoxy) is 2. The van der Waals surface area contributed by atoms with Gasteiger partial charge >= 0.3 is 5.97 Å². The second-order valence-electron chi connectivity index (χ2n) is 8.86. The number of hydrogen-bond acceptors (Lipinski definition) is 8. The largest absolute Gasteiger partial charge is 0.459 e. The lowest BCUT2D eigenvalue weighted by molar-refractivity contribution is -0.143. The molecule has 3 aromatic rings. The number of carbonyl (C=O) groups excluding carboxylic acids is 1. The van der Waals surface area contributed by atoms with Crippen LogP contribution in [0.4, 0.5) is 5.88 Å². The Bertz CT molecular complexity index is 1490. The maximum absolute atomic E-state index is 13.7. The minimum absolute atomic E-state index is 0.259. The first-order chi connectivity index (χ1) is 17.3. The van der Waals surface area contributed by atoms with E-state index in [-0.39, 0.29) is 11.7 Å². The monoisotopic (exact) mass is 527 g/mol. The molecule has 0 amide bonds. The van der Waals surface area contributed by atoms with Crippen LogP contribution in [0.3, 0.4) is 0 Å². The van der Waals surface area contributed by atoms with Crippen LogP contribution in [-0.4, -0.2) is 42.9 Å². The number of aromatic nitrogens is 1. The van der Waals surface area contributed by atoms with Crippen LogP contribution in [-0.2, 0) is 14.3 Å². The summed E-state index contributed by atoms with van der Waals surface area (Å²) in [5, 5.41) is 0.562. The molecular weight excluding hydrogens is 502 g/mol. The van der Waals surface area contributed by atoms with Gasteiger partial charge in [0, 0.05) is 30.3 Å². The van der Waals surface area contributed by atoms with Gasteiger partial charge in [-0.05, 0) is 44.5 Å². The fourth-order valence-corrected chi connectivity index (χ4v) is 5.48. The minimum atomic E-state index is -0.688. The van der Waals surface area contributed by atoms with Crippen molar-refractivity contribution in [3.05, 3.63) is 83.7 Å². The minimum Gasteiger partial charge on any atom is -0.459 e. The molecule has 188 valence electrons. The van der Waals surface area contributed by atoms with E-state index in [1.54, 1.807) is 43.5 Å². The summed E-state index contributed by atoms with van der Waals surface area (Å²) in [6.45, 7) is 8.15. The van der Waals surface area contributed by atoms with Gasteiger partial charge in [0.05, 0.1) is 41.2 Å². The summed E-state index contributed by atoms with van der Waals surface area (Å²) in [5.41, 5.74) is 1.33. The Kier molecular flexibility index (Phi) is 6.87. The van der Waals surface area contributed by atoms with Crippen molar-refractivity contribution in [1.82, 2.24) is 4.57 Å². The molecule has 0 aliphatic carbocycles. The van der Waals surface area contributed by atoms with Crippen LogP contribution in [0.1, 0.15) is 38.1 Å². The van der Waals surface area contributed by atoms with Crippen molar-refractivity contribution in [2.24, 2.45) is 4.99 Å². The molecule has 10 heteroatoms. The highest BCUT2D eigenvalue weighted by Crippen LogP contribution is 2.31. The van der Waals surface area contributed by atoms with Gasteiger partial charge < -0.3 is 18.8 Å². The van der Waals surface area contributed by atoms with Crippen molar-refractivity contribution in [2.75, 3.05) is 31.2 Å². The fraction of sp³-hybridized carbons (Fsp3) is 0.346. The Morgan fingerprint density at radius 2 is 1.92 bits per heavy atom. The molecule has 0 bridgehead atoms. The fourth-order valence-electron chi connectivity index (χ4n) is 4.32. The molecule has 0 saturated carbocycles. The molecule has 4 heterocycles. The summed E-state index contributed by atoms with van der Waals surface area (Å²) in [4.78, 5) is 34.0. The van der Waals surface area contributed by atoms with Crippen molar-refractivity contribution in [3.63, 3.8) is 0 Å². The number of allylic oxidation sites excluding steroid dienone is 1. The Labute approximate surface area is 216 Å². The second-order valence-corrected chi connectivity index (χ2v) is 10.3. The highest BCUT2D eigenvalue weighted by Gasteiger charge is 2.33. The number of carbonyl (C=O) groups is 1. The molecule has 8 nitrogen and oxygen atoms in total. The van der Waals surface area contributed by atoms with E-state index in [0.29, 0.717) is 44.6 Å². The summed E-state index contributed by atoms with van der Waals surface area (Å²) in [6, 6.07) is 10.2. The molecule has 2 aliphatic heterocycles. The molecule has 0 spiro atoms. The number of fused-ring (bicyclic) bond motifs is 1. The van der Waals surface area contributed by atoms with E-state index in [1.807, 2.05) is 24.3 Å². The zero-order chi connectivity index (χ0) is 25.4. The number of morpholine rings is 1. The van der Waals surface area contributed by atoms with Crippen molar-refractivity contribution in [3.8, 4) is 0 Å². The van der Waals surface area contributed by atoms with Gasteiger partial charge in [0.1, 0.15) is 5.76 Å². The Hall–Kier alpha value is -3.14. The first-order valence-corrected chi connectivity index (χ1v) is 12.9. The van der Waals surface area contributed by atoms with E-state index in [1.165, 1.54) is 11.3 Å². The summed E-state index contributed by atoms with van der Waals surface area (Å²) >= 11 is 7.37. The van der Waals surface area contributed by atoms with Crippen molar-refractivity contribution >= 4 is 40.9 Å². The van der Waals surface area contributed by atoms with Gasteiger partial charge in [0.25, 0.3) is 5.56 Å². The Balaban J connectivity index is 1.60. The van der Waals surface area contributed by atoms with Gasteiger partial charge in [-0.25, -0.2) is 9.79 Å². The van der Waals surface area contributed by atoms with Gasteiger partial charge in [0.15, 0.2) is 10.7 Å². The molecule has 1 aromatic carbocycles. The number of nitrogens with zero attached hydrogens (tertiary/aromatic N) is 3. The van der Waals surface area contributed by atoms with Crippen LogP contribution in [0.25, 0.3) is 6.08 Å². The van der Waals surface area contributed by atoms with Crippen LogP contribution < -0.4 is 19.8 Å². The lowest BCUT2D eigenvalue weighted by Gasteiger charge is -2.26. The van der Waals surface area contributed by atoms with Crippen molar-refractivity contribution in [1.29, 1.82) is 0 Å². The number of benzene rings is 1. The molecule has 2 aliphatic rings. The van der Waals surface area contributed by atoms with Crippen LogP contribution in [0.5, 0.6) is 0 Å². The highest BCUT2D eigenvalue weighted by molar-refractivity contribution is 7.07. The van der Waals surface area contributed by atoms with E-state index in [4.69, 9.17) is 25.5 Å². The number of anilines is 1. The third-order valence-electron chi connectivity index (χ3n) is 5.98. The predicted molar refractivity (Wildman–Crippen MR) is 138 cm³/mol. The van der Waals surface area contributed by atoms with Crippen molar-refractivity contribution in [2.45, 2.75) is 32.9 Å². The van der Waals surface area contributed by atoms with Crippen LogP contribution in [0.2, 0.25) is 5.02 Å². The molecular formula is C26H26ClN3O5S.